The van der Waals surface area contributed by atoms with Gasteiger partial charge in [0.2, 0.25) is 0 Å². The summed E-state index contributed by atoms with van der Waals surface area (Å²) in [6, 6.07) is 8.63. The number of piperidine rings is 1. The molecule has 2 aromatic carbocycles. The number of likely N-dealkylation sites (tertiary alicyclic amines) is 1. The third-order valence-corrected chi connectivity index (χ3v) is 5.76. The van der Waals surface area contributed by atoms with Crippen molar-refractivity contribution in [2.24, 2.45) is 0 Å². The molecule has 0 saturated carbocycles. The minimum Gasteiger partial charge on any atom is -0.467 e. The van der Waals surface area contributed by atoms with Gasteiger partial charge in [-0.05, 0) is 31.2 Å². The molecule has 2 heterocycles. The van der Waals surface area contributed by atoms with Crippen molar-refractivity contribution in [3.05, 3.63) is 57.6 Å². The van der Waals surface area contributed by atoms with Crippen molar-refractivity contribution >= 4 is 35.3 Å². The summed E-state index contributed by atoms with van der Waals surface area (Å²) in [5, 5.41) is 10.7. The van der Waals surface area contributed by atoms with Gasteiger partial charge in [0.1, 0.15) is 5.75 Å². The summed E-state index contributed by atoms with van der Waals surface area (Å²) >= 11 is 6.11. The molecule has 0 atom stereocenters. The van der Waals surface area contributed by atoms with Crippen LogP contribution in [0.1, 0.15) is 44.7 Å². The van der Waals surface area contributed by atoms with E-state index in [0.29, 0.717) is 48.4 Å². The molecule has 2 amide bonds. The Labute approximate surface area is 173 Å². The van der Waals surface area contributed by atoms with Crippen LogP contribution in [-0.4, -0.2) is 41.7 Å². The van der Waals surface area contributed by atoms with Gasteiger partial charge in [-0.3, -0.25) is 9.59 Å². The second kappa shape index (κ2) is 7.08. The molecule has 4 N–H and O–H groups in total. The predicted molar refractivity (Wildman–Crippen MR) is 111 cm³/mol. The van der Waals surface area contributed by atoms with Gasteiger partial charge < -0.3 is 26.1 Å². The van der Waals surface area contributed by atoms with E-state index in [0.717, 1.165) is 11.8 Å². The van der Waals surface area contributed by atoms with Crippen molar-refractivity contribution in [1.29, 1.82) is 5.41 Å². The van der Waals surface area contributed by atoms with E-state index >= 15 is 0 Å². The molecule has 7 nitrogen and oxygen atoms in total. The van der Waals surface area contributed by atoms with E-state index in [2.05, 4.69) is 5.32 Å². The number of nitrogens with zero attached hydrogens (tertiary/aromatic N) is 1. The zero-order valence-corrected chi connectivity index (χ0v) is 16.7. The van der Waals surface area contributed by atoms with Gasteiger partial charge in [-0.2, -0.15) is 0 Å². The standard InChI is InChI=1S/C21H21ClN4O3/c1-12-2-3-17-15(8-12)19(27)25-21(29-17)4-6-26(7-5-21)20(28)13-9-14(11-23)18(24)16(22)10-13/h2-3,8-11,23H,4-7,24H2,1H3,(H,25,27). The zero-order valence-electron chi connectivity index (χ0n) is 15.9. The van der Waals surface area contributed by atoms with Crippen LogP contribution in [0, 0.1) is 12.3 Å². The van der Waals surface area contributed by atoms with Crippen LogP contribution in [-0.2, 0) is 0 Å². The number of rotatable bonds is 2. The molecule has 0 unspecified atom stereocenters. The Morgan fingerprint density at radius 1 is 1.31 bits per heavy atom. The summed E-state index contributed by atoms with van der Waals surface area (Å²) in [4.78, 5) is 27.2. The Hall–Kier alpha value is -3.06. The van der Waals surface area contributed by atoms with Crippen LogP contribution in [0.2, 0.25) is 5.02 Å². The van der Waals surface area contributed by atoms with E-state index in [-0.39, 0.29) is 22.5 Å². The van der Waals surface area contributed by atoms with Crippen LogP contribution in [0.25, 0.3) is 0 Å². The summed E-state index contributed by atoms with van der Waals surface area (Å²) in [5.41, 5.74) is 7.61. The highest BCUT2D eigenvalue weighted by atomic mass is 35.5. The minimum atomic E-state index is -0.811. The van der Waals surface area contributed by atoms with Crippen molar-refractivity contribution in [3.63, 3.8) is 0 Å². The van der Waals surface area contributed by atoms with Crippen molar-refractivity contribution < 1.29 is 14.3 Å². The molecule has 4 rings (SSSR count). The number of nitrogen functional groups attached to an aromatic ring is 1. The van der Waals surface area contributed by atoms with Crippen LogP contribution < -0.4 is 15.8 Å². The predicted octanol–water partition coefficient (Wildman–Crippen LogP) is 2.98. The number of amides is 2. The molecular formula is C21H21ClN4O3. The molecule has 1 fully saturated rings. The number of carbonyl (C=O) groups is 2. The fraction of sp³-hybridized carbons (Fsp3) is 0.286. The number of nitrogens with two attached hydrogens (primary N) is 1. The van der Waals surface area contributed by atoms with Gasteiger partial charge in [-0.15, -0.1) is 0 Å². The van der Waals surface area contributed by atoms with E-state index in [4.69, 9.17) is 27.5 Å². The lowest BCUT2D eigenvalue weighted by Gasteiger charge is -2.44. The van der Waals surface area contributed by atoms with Gasteiger partial charge in [0.25, 0.3) is 11.8 Å². The third-order valence-electron chi connectivity index (χ3n) is 5.45. The number of halogens is 1. The van der Waals surface area contributed by atoms with Gasteiger partial charge in [-0.25, -0.2) is 0 Å². The molecule has 0 aromatic heterocycles. The summed E-state index contributed by atoms with van der Waals surface area (Å²) in [6.07, 6.45) is 2.02. The SMILES string of the molecule is Cc1ccc2c(c1)C(=O)NC1(CCN(C(=O)c3cc(Cl)c(N)c(C=N)c3)CC1)O2. The lowest BCUT2D eigenvalue weighted by molar-refractivity contribution is -0.0245. The van der Waals surface area contributed by atoms with Crippen molar-refractivity contribution in [2.45, 2.75) is 25.5 Å². The number of benzene rings is 2. The molecule has 0 aliphatic carbocycles. The molecule has 150 valence electrons. The number of nitrogens with one attached hydrogen (secondary N) is 2. The first-order valence-electron chi connectivity index (χ1n) is 9.33. The van der Waals surface area contributed by atoms with Crippen molar-refractivity contribution in [1.82, 2.24) is 10.2 Å². The number of hydrogen-bond donors (Lipinski definition) is 3. The first kappa shape index (κ1) is 19.3. The Balaban J connectivity index is 1.51. The lowest BCUT2D eigenvalue weighted by Crippen LogP contribution is -2.61. The number of anilines is 1. The van der Waals surface area contributed by atoms with Crippen LogP contribution in [0.3, 0.4) is 0 Å². The third kappa shape index (κ3) is 3.42. The fourth-order valence-electron chi connectivity index (χ4n) is 3.78. The summed E-state index contributed by atoms with van der Waals surface area (Å²) in [5.74, 6) is 0.221. The van der Waals surface area contributed by atoms with E-state index in [1.807, 2.05) is 25.1 Å². The fourth-order valence-corrected chi connectivity index (χ4v) is 4.01. The highest BCUT2D eigenvalue weighted by Crippen LogP contribution is 2.34. The maximum atomic E-state index is 12.9. The van der Waals surface area contributed by atoms with E-state index < -0.39 is 5.72 Å². The van der Waals surface area contributed by atoms with Crippen LogP contribution in [0.5, 0.6) is 5.75 Å². The summed E-state index contributed by atoms with van der Waals surface area (Å²) in [6.45, 7) is 2.76. The van der Waals surface area contributed by atoms with Gasteiger partial charge in [-0.1, -0.05) is 23.2 Å². The highest BCUT2D eigenvalue weighted by molar-refractivity contribution is 6.34. The molecule has 1 saturated heterocycles. The number of fused-ring (bicyclic) bond motifs is 1. The Kier molecular flexibility index (Phi) is 4.70. The zero-order chi connectivity index (χ0) is 20.8. The molecule has 8 heteroatoms. The quantitative estimate of drug-likeness (QED) is 0.520. The average Bonchev–Trinajstić information content (AvgIpc) is 2.71. The Bertz CT molecular complexity index is 1030. The number of aryl methyl sites for hydroxylation is 1. The summed E-state index contributed by atoms with van der Waals surface area (Å²) < 4.78 is 6.15. The number of carbonyl (C=O) groups excluding carboxylic acids is 2. The maximum Gasteiger partial charge on any atom is 0.258 e. The molecule has 2 aliphatic heterocycles. The average molecular weight is 413 g/mol. The van der Waals surface area contributed by atoms with Gasteiger partial charge in [0, 0.05) is 43.3 Å². The molecule has 2 aromatic rings. The maximum absolute atomic E-state index is 12.9. The van der Waals surface area contributed by atoms with E-state index in [9.17, 15) is 9.59 Å². The molecule has 0 bridgehead atoms. The van der Waals surface area contributed by atoms with Crippen LogP contribution in [0.15, 0.2) is 30.3 Å². The van der Waals surface area contributed by atoms with E-state index in [1.54, 1.807) is 11.0 Å². The largest absolute Gasteiger partial charge is 0.467 e. The molecule has 1 spiro atoms. The Morgan fingerprint density at radius 3 is 2.72 bits per heavy atom. The molecule has 0 radical (unpaired) electrons. The second-order valence-electron chi connectivity index (χ2n) is 7.45. The first-order valence-corrected chi connectivity index (χ1v) is 9.71. The van der Waals surface area contributed by atoms with Gasteiger partial charge >= 0.3 is 0 Å². The van der Waals surface area contributed by atoms with Gasteiger partial charge in [0.15, 0.2) is 5.72 Å². The molecule has 29 heavy (non-hydrogen) atoms. The van der Waals surface area contributed by atoms with Gasteiger partial charge in [0.05, 0.1) is 16.3 Å². The lowest BCUT2D eigenvalue weighted by atomic mass is 9.95. The molecule has 2 aliphatic rings. The number of ether oxygens (including phenoxy) is 1. The van der Waals surface area contributed by atoms with Crippen LogP contribution >= 0.6 is 11.6 Å². The van der Waals surface area contributed by atoms with Crippen molar-refractivity contribution in [3.8, 4) is 5.75 Å². The Morgan fingerprint density at radius 2 is 2.03 bits per heavy atom. The summed E-state index contributed by atoms with van der Waals surface area (Å²) in [7, 11) is 0. The molecular weight excluding hydrogens is 392 g/mol. The monoisotopic (exact) mass is 412 g/mol. The topological polar surface area (TPSA) is 109 Å². The highest BCUT2D eigenvalue weighted by Gasteiger charge is 2.43. The van der Waals surface area contributed by atoms with E-state index in [1.165, 1.54) is 6.07 Å². The smallest absolute Gasteiger partial charge is 0.258 e. The first-order chi connectivity index (χ1) is 13.8. The second-order valence-corrected chi connectivity index (χ2v) is 7.85. The number of hydrogen-bond acceptors (Lipinski definition) is 5. The van der Waals surface area contributed by atoms with Crippen LogP contribution in [0.4, 0.5) is 5.69 Å². The minimum absolute atomic E-state index is 0.157. The van der Waals surface area contributed by atoms with Crippen molar-refractivity contribution in [2.75, 3.05) is 18.8 Å². The normalized spacial score (nSPS) is 17.3.